The van der Waals surface area contributed by atoms with E-state index in [1.165, 1.54) is 30.4 Å². The van der Waals surface area contributed by atoms with Crippen LogP contribution in [0, 0.1) is 0 Å². The zero-order valence-corrected chi connectivity index (χ0v) is 11.7. The number of benzene rings is 1. The molecule has 0 saturated heterocycles. The van der Waals surface area contributed by atoms with E-state index >= 15 is 0 Å². The van der Waals surface area contributed by atoms with Gasteiger partial charge in [-0.15, -0.1) is 6.58 Å². The molecular weight excluding hydrogens is 218 g/mol. The molecule has 1 fully saturated rings. The Balaban J connectivity index is 2.16. The Morgan fingerprint density at radius 1 is 1.33 bits per heavy atom. The van der Waals surface area contributed by atoms with Crippen LogP contribution in [-0.4, -0.2) is 12.6 Å². The summed E-state index contributed by atoms with van der Waals surface area (Å²) in [6.45, 7) is 9.57. The summed E-state index contributed by atoms with van der Waals surface area (Å²) in [7, 11) is 0. The molecule has 1 aromatic carbocycles. The molecule has 1 aliphatic rings. The van der Waals surface area contributed by atoms with Crippen molar-refractivity contribution in [2.75, 3.05) is 6.54 Å². The average molecular weight is 243 g/mol. The second-order valence-corrected chi connectivity index (χ2v) is 5.69. The number of hydrogen-bond acceptors (Lipinski definition) is 1. The summed E-state index contributed by atoms with van der Waals surface area (Å²) in [6.07, 6.45) is 4.91. The highest BCUT2D eigenvalue weighted by Gasteiger charge is 2.49. The lowest BCUT2D eigenvalue weighted by molar-refractivity contribution is 0.412. The predicted molar refractivity (Wildman–Crippen MR) is 78.9 cm³/mol. The zero-order chi connectivity index (χ0) is 13.0. The second-order valence-electron chi connectivity index (χ2n) is 5.69. The maximum Gasteiger partial charge on any atom is 0.0201 e. The molecule has 18 heavy (non-hydrogen) atoms. The first-order valence-electron chi connectivity index (χ1n) is 7.12. The second kappa shape index (κ2) is 5.71. The maximum atomic E-state index is 4.10. The van der Waals surface area contributed by atoms with Gasteiger partial charge in [0.1, 0.15) is 0 Å². The van der Waals surface area contributed by atoms with Crippen LogP contribution in [0.2, 0.25) is 0 Å². The minimum absolute atomic E-state index is 0.370. The fourth-order valence-corrected chi connectivity index (χ4v) is 2.87. The molecule has 0 spiro atoms. The van der Waals surface area contributed by atoms with Gasteiger partial charge in [-0.1, -0.05) is 42.8 Å². The van der Waals surface area contributed by atoms with Gasteiger partial charge in [0.15, 0.2) is 0 Å². The molecule has 0 bridgehead atoms. The van der Waals surface area contributed by atoms with Gasteiger partial charge in [0.25, 0.3) is 0 Å². The summed E-state index contributed by atoms with van der Waals surface area (Å²) in [6, 6.07) is 11.5. The first-order chi connectivity index (χ1) is 8.69. The van der Waals surface area contributed by atoms with Gasteiger partial charge in [0, 0.05) is 11.5 Å². The van der Waals surface area contributed by atoms with E-state index in [0.717, 1.165) is 13.0 Å². The van der Waals surface area contributed by atoms with Gasteiger partial charge in [-0.25, -0.2) is 0 Å². The van der Waals surface area contributed by atoms with E-state index in [-0.39, 0.29) is 0 Å². The van der Waals surface area contributed by atoms with Gasteiger partial charge in [0.05, 0.1) is 0 Å². The van der Waals surface area contributed by atoms with Crippen LogP contribution in [0.15, 0.2) is 42.5 Å². The fourth-order valence-electron chi connectivity index (χ4n) is 2.87. The molecule has 1 nitrogen and oxygen atoms in total. The van der Waals surface area contributed by atoms with Crippen molar-refractivity contribution in [1.82, 2.24) is 5.32 Å². The van der Waals surface area contributed by atoms with Crippen molar-refractivity contribution in [3.05, 3.63) is 48.0 Å². The molecule has 1 unspecified atom stereocenters. The maximum absolute atomic E-state index is 4.10. The highest BCUT2D eigenvalue weighted by atomic mass is 14.9. The Labute approximate surface area is 111 Å². The first-order valence-corrected chi connectivity index (χ1v) is 7.12. The van der Waals surface area contributed by atoms with E-state index in [9.17, 15) is 0 Å². The van der Waals surface area contributed by atoms with Crippen LogP contribution in [0.3, 0.4) is 0 Å². The third-order valence-corrected chi connectivity index (χ3v) is 4.00. The van der Waals surface area contributed by atoms with Crippen LogP contribution in [0.4, 0.5) is 0 Å². The summed E-state index contributed by atoms with van der Waals surface area (Å²) in [5, 5.41) is 3.74. The highest BCUT2D eigenvalue weighted by Crippen LogP contribution is 2.52. The summed E-state index contributed by atoms with van der Waals surface area (Å²) in [4.78, 5) is 0. The topological polar surface area (TPSA) is 12.0 Å². The van der Waals surface area contributed by atoms with Crippen molar-refractivity contribution in [1.29, 1.82) is 0 Å². The van der Waals surface area contributed by atoms with Crippen molar-refractivity contribution < 1.29 is 0 Å². The molecule has 1 aliphatic carbocycles. The van der Waals surface area contributed by atoms with E-state index < -0.39 is 0 Å². The molecule has 98 valence electrons. The van der Waals surface area contributed by atoms with Crippen molar-refractivity contribution in [2.24, 2.45) is 0 Å². The van der Waals surface area contributed by atoms with E-state index in [4.69, 9.17) is 0 Å². The number of rotatable bonds is 7. The van der Waals surface area contributed by atoms with E-state index in [2.05, 4.69) is 56.1 Å². The number of hydrogen-bond donors (Lipinski definition) is 1. The first kappa shape index (κ1) is 13.4. The van der Waals surface area contributed by atoms with Crippen molar-refractivity contribution >= 4 is 0 Å². The quantitative estimate of drug-likeness (QED) is 0.712. The molecule has 0 aromatic heterocycles. The van der Waals surface area contributed by atoms with Gasteiger partial charge >= 0.3 is 0 Å². The molecule has 1 atom stereocenters. The molecule has 1 N–H and O–H groups in total. The molecule has 0 heterocycles. The van der Waals surface area contributed by atoms with E-state index in [0.29, 0.717) is 11.5 Å². The molecule has 2 rings (SSSR count). The van der Waals surface area contributed by atoms with Crippen molar-refractivity contribution in [3.63, 3.8) is 0 Å². The minimum atomic E-state index is 0.370. The van der Waals surface area contributed by atoms with Crippen LogP contribution in [0.1, 0.15) is 45.1 Å². The molecular formula is C17H25N. The summed E-state index contributed by atoms with van der Waals surface area (Å²) >= 11 is 0. The monoisotopic (exact) mass is 243 g/mol. The fraction of sp³-hybridized carbons (Fsp3) is 0.529. The van der Waals surface area contributed by atoms with Crippen LogP contribution < -0.4 is 5.32 Å². The van der Waals surface area contributed by atoms with Crippen LogP contribution in [-0.2, 0) is 5.41 Å². The van der Waals surface area contributed by atoms with Gasteiger partial charge in [-0.05, 0) is 44.7 Å². The lowest BCUT2D eigenvalue weighted by Crippen LogP contribution is -2.40. The Bertz CT molecular complexity index is 389. The molecule has 1 saturated carbocycles. The molecule has 0 radical (unpaired) electrons. The van der Waals surface area contributed by atoms with Gasteiger partial charge < -0.3 is 5.32 Å². The standard InChI is InChI=1S/C17H25N/c1-4-12-18-16(13-14(2)3)17(10-11-17)15-8-6-5-7-9-15/h5-9,16,18H,2,4,10-13H2,1,3H3. The Morgan fingerprint density at radius 2 is 2.00 bits per heavy atom. The third-order valence-electron chi connectivity index (χ3n) is 4.00. The normalized spacial score (nSPS) is 18.3. The summed E-state index contributed by atoms with van der Waals surface area (Å²) < 4.78 is 0. The van der Waals surface area contributed by atoms with Gasteiger partial charge in [-0.2, -0.15) is 0 Å². The smallest absolute Gasteiger partial charge is 0.0201 e. The lowest BCUT2D eigenvalue weighted by atomic mass is 9.84. The number of nitrogens with one attached hydrogen (secondary N) is 1. The third kappa shape index (κ3) is 2.84. The summed E-state index contributed by atoms with van der Waals surface area (Å²) in [5.74, 6) is 0. The zero-order valence-electron chi connectivity index (χ0n) is 11.7. The van der Waals surface area contributed by atoms with E-state index in [1.807, 2.05) is 0 Å². The molecule has 1 heteroatoms. The average Bonchev–Trinajstić information content (AvgIpc) is 3.16. The highest BCUT2D eigenvalue weighted by molar-refractivity contribution is 5.34. The largest absolute Gasteiger partial charge is 0.313 e. The summed E-state index contributed by atoms with van der Waals surface area (Å²) in [5.41, 5.74) is 3.15. The Kier molecular flexibility index (Phi) is 4.23. The molecule has 0 aliphatic heterocycles. The SMILES string of the molecule is C=C(C)CC(NCCC)C1(c2ccccc2)CC1. The lowest BCUT2D eigenvalue weighted by Gasteiger charge is -2.29. The van der Waals surface area contributed by atoms with Crippen molar-refractivity contribution in [2.45, 2.75) is 51.0 Å². The van der Waals surface area contributed by atoms with Crippen LogP contribution in [0.25, 0.3) is 0 Å². The van der Waals surface area contributed by atoms with Gasteiger partial charge in [0.2, 0.25) is 0 Å². The molecule has 1 aromatic rings. The minimum Gasteiger partial charge on any atom is -0.313 e. The van der Waals surface area contributed by atoms with Crippen LogP contribution in [0.5, 0.6) is 0 Å². The van der Waals surface area contributed by atoms with Crippen molar-refractivity contribution in [3.8, 4) is 0 Å². The Morgan fingerprint density at radius 3 is 2.50 bits per heavy atom. The van der Waals surface area contributed by atoms with Gasteiger partial charge in [-0.3, -0.25) is 0 Å². The predicted octanol–water partition coefficient (Wildman–Crippen LogP) is 4.05. The van der Waals surface area contributed by atoms with E-state index in [1.54, 1.807) is 0 Å². The Hall–Kier alpha value is -1.08. The van der Waals surface area contributed by atoms with Crippen LogP contribution >= 0.6 is 0 Å². The molecule has 0 amide bonds.